The Morgan fingerprint density at radius 1 is 1.04 bits per heavy atom. The molecule has 0 spiro atoms. The van der Waals surface area contributed by atoms with Gasteiger partial charge in [-0.2, -0.15) is 5.10 Å². The Hall–Kier alpha value is -3.41. The van der Waals surface area contributed by atoms with Crippen LogP contribution >= 0.6 is 0 Å². The molecule has 0 saturated heterocycles. The van der Waals surface area contributed by atoms with Gasteiger partial charge in [-0.25, -0.2) is 14.5 Å². The molecule has 3 rings (SSSR count). The smallest absolute Gasteiger partial charge is 0.358 e. The zero-order valence-electron chi connectivity index (χ0n) is 14.8. The van der Waals surface area contributed by atoms with Gasteiger partial charge in [0.15, 0.2) is 11.5 Å². The summed E-state index contributed by atoms with van der Waals surface area (Å²) < 4.78 is 11.8. The van der Waals surface area contributed by atoms with Crippen molar-refractivity contribution in [1.82, 2.24) is 9.78 Å². The molecule has 0 bridgehead atoms. The molecule has 0 aliphatic carbocycles. The van der Waals surface area contributed by atoms with E-state index in [2.05, 4.69) is 5.10 Å². The van der Waals surface area contributed by atoms with Crippen LogP contribution in [0.1, 0.15) is 21.7 Å². The van der Waals surface area contributed by atoms with Crippen LogP contribution in [0.5, 0.6) is 5.75 Å². The lowest BCUT2D eigenvalue weighted by molar-refractivity contribution is 0.0593. The van der Waals surface area contributed by atoms with Crippen molar-refractivity contribution >= 4 is 17.5 Å². The van der Waals surface area contributed by atoms with Gasteiger partial charge >= 0.3 is 5.97 Å². The number of carbonyl (C=O) groups excluding carboxylic acids is 1. The number of rotatable bonds is 4. The van der Waals surface area contributed by atoms with E-state index in [9.17, 15) is 4.79 Å². The van der Waals surface area contributed by atoms with Gasteiger partial charge in [-0.05, 0) is 25.1 Å². The summed E-state index contributed by atoms with van der Waals surface area (Å²) in [5.41, 5.74) is 2.53. The van der Waals surface area contributed by atoms with Crippen molar-refractivity contribution in [2.75, 3.05) is 14.2 Å². The van der Waals surface area contributed by atoms with Gasteiger partial charge in [0.1, 0.15) is 11.4 Å². The number of aryl methyl sites for hydroxylation is 1. The minimum atomic E-state index is -0.489. The molecule has 3 aromatic rings. The quantitative estimate of drug-likeness (QED) is 0.410. The van der Waals surface area contributed by atoms with Crippen LogP contribution < -0.4 is 4.74 Å². The summed E-state index contributed by atoms with van der Waals surface area (Å²) in [7, 11) is 2.93. The first kappa shape index (κ1) is 17.4. The SMILES string of the molecule is COC(=O)c1cc(C)n(C(=Nc2ccccc2OC)c2ccccc2)n1. The normalized spacial score (nSPS) is 11.3. The monoisotopic (exact) mass is 349 g/mol. The number of hydrogen-bond donors (Lipinski definition) is 0. The number of ether oxygens (including phenoxy) is 2. The van der Waals surface area contributed by atoms with Crippen molar-refractivity contribution in [2.45, 2.75) is 6.92 Å². The Morgan fingerprint density at radius 3 is 2.42 bits per heavy atom. The second-order valence-corrected chi connectivity index (χ2v) is 5.55. The molecule has 0 unspecified atom stereocenters. The van der Waals surface area contributed by atoms with Gasteiger partial charge in [0.2, 0.25) is 0 Å². The van der Waals surface area contributed by atoms with E-state index in [1.54, 1.807) is 17.9 Å². The van der Waals surface area contributed by atoms with Gasteiger partial charge in [-0.15, -0.1) is 0 Å². The van der Waals surface area contributed by atoms with E-state index < -0.39 is 5.97 Å². The van der Waals surface area contributed by atoms with Gasteiger partial charge in [0, 0.05) is 11.3 Å². The maximum atomic E-state index is 11.8. The number of nitrogens with zero attached hydrogens (tertiary/aromatic N) is 3. The van der Waals surface area contributed by atoms with Crippen molar-refractivity contribution in [1.29, 1.82) is 0 Å². The van der Waals surface area contributed by atoms with Crippen LogP contribution in [-0.4, -0.2) is 35.8 Å². The number of methoxy groups -OCH3 is 2. The molecule has 0 fully saturated rings. The summed E-state index contributed by atoms with van der Waals surface area (Å²) in [6.07, 6.45) is 0. The second kappa shape index (κ2) is 7.65. The van der Waals surface area contributed by atoms with Crippen molar-refractivity contribution in [3.05, 3.63) is 77.6 Å². The molecule has 2 aromatic carbocycles. The van der Waals surface area contributed by atoms with E-state index in [1.807, 2.05) is 61.5 Å². The lowest BCUT2D eigenvalue weighted by atomic mass is 10.2. The van der Waals surface area contributed by atoms with E-state index >= 15 is 0 Å². The molecule has 0 radical (unpaired) electrons. The van der Waals surface area contributed by atoms with Crippen molar-refractivity contribution < 1.29 is 14.3 Å². The number of aliphatic imine (C=N–C) groups is 1. The predicted octanol–water partition coefficient (Wildman–Crippen LogP) is 3.61. The Balaban J connectivity index is 2.19. The average molecular weight is 349 g/mol. The fraction of sp³-hybridized carbons (Fsp3) is 0.150. The molecule has 0 aliphatic heterocycles. The Kier molecular flexibility index (Phi) is 5.12. The van der Waals surface area contributed by atoms with Gasteiger partial charge in [0.05, 0.1) is 14.2 Å². The van der Waals surface area contributed by atoms with Crippen LogP contribution in [0.3, 0.4) is 0 Å². The number of esters is 1. The number of aromatic nitrogens is 2. The van der Waals surface area contributed by atoms with E-state index in [0.29, 0.717) is 17.3 Å². The topological polar surface area (TPSA) is 65.7 Å². The molecule has 6 nitrogen and oxygen atoms in total. The third-order valence-electron chi connectivity index (χ3n) is 3.83. The van der Waals surface area contributed by atoms with Crippen molar-refractivity contribution in [2.24, 2.45) is 4.99 Å². The van der Waals surface area contributed by atoms with Crippen LogP contribution in [0.25, 0.3) is 0 Å². The summed E-state index contributed by atoms with van der Waals surface area (Å²) in [5.74, 6) is 0.748. The first-order valence-corrected chi connectivity index (χ1v) is 8.06. The molecule has 0 aliphatic rings. The van der Waals surface area contributed by atoms with Crippen LogP contribution in [0.2, 0.25) is 0 Å². The largest absolute Gasteiger partial charge is 0.494 e. The number of carbonyl (C=O) groups is 1. The van der Waals surface area contributed by atoms with E-state index in [4.69, 9.17) is 14.5 Å². The van der Waals surface area contributed by atoms with Crippen LogP contribution in [0.4, 0.5) is 5.69 Å². The maximum absolute atomic E-state index is 11.8. The summed E-state index contributed by atoms with van der Waals surface area (Å²) in [6.45, 7) is 1.86. The standard InChI is InChI=1S/C20H19N3O3/c1-14-13-17(20(24)26-3)22-23(14)19(15-9-5-4-6-10-15)21-16-11-7-8-12-18(16)25-2/h4-13H,1-3H3. The third kappa shape index (κ3) is 3.49. The highest BCUT2D eigenvalue weighted by atomic mass is 16.5. The molecule has 1 heterocycles. The van der Waals surface area contributed by atoms with Crippen LogP contribution in [-0.2, 0) is 4.74 Å². The predicted molar refractivity (Wildman–Crippen MR) is 99.3 cm³/mol. The highest BCUT2D eigenvalue weighted by Gasteiger charge is 2.17. The lowest BCUT2D eigenvalue weighted by Crippen LogP contribution is -2.17. The van der Waals surface area contributed by atoms with Gasteiger partial charge in [-0.3, -0.25) is 0 Å². The van der Waals surface area contributed by atoms with E-state index in [-0.39, 0.29) is 5.69 Å². The molecular weight excluding hydrogens is 330 g/mol. The second-order valence-electron chi connectivity index (χ2n) is 5.55. The minimum Gasteiger partial charge on any atom is -0.494 e. The molecule has 0 saturated carbocycles. The summed E-state index contributed by atoms with van der Waals surface area (Å²) in [4.78, 5) is 16.6. The van der Waals surface area contributed by atoms with E-state index in [1.165, 1.54) is 7.11 Å². The van der Waals surface area contributed by atoms with Gasteiger partial charge in [-0.1, -0.05) is 42.5 Å². The average Bonchev–Trinajstić information content (AvgIpc) is 3.07. The molecule has 0 atom stereocenters. The molecule has 132 valence electrons. The van der Waals surface area contributed by atoms with Crippen LogP contribution in [0.15, 0.2) is 65.7 Å². The molecular formula is C20H19N3O3. The number of hydrogen-bond acceptors (Lipinski definition) is 5. The first-order valence-electron chi connectivity index (χ1n) is 8.06. The highest BCUT2D eigenvalue weighted by molar-refractivity contribution is 6.02. The third-order valence-corrected chi connectivity index (χ3v) is 3.83. The zero-order valence-corrected chi connectivity index (χ0v) is 14.8. The van der Waals surface area contributed by atoms with Crippen LogP contribution in [0, 0.1) is 6.92 Å². The van der Waals surface area contributed by atoms with Gasteiger partial charge < -0.3 is 9.47 Å². The van der Waals surface area contributed by atoms with Crippen molar-refractivity contribution in [3.8, 4) is 5.75 Å². The highest BCUT2D eigenvalue weighted by Crippen LogP contribution is 2.27. The molecule has 26 heavy (non-hydrogen) atoms. The summed E-state index contributed by atoms with van der Waals surface area (Å²) >= 11 is 0. The number of para-hydroxylation sites is 2. The fourth-order valence-electron chi connectivity index (χ4n) is 2.55. The van der Waals surface area contributed by atoms with E-state index in [0.717, 1.165) is 11.3 Å². The van der Waals surface area contributed by atoms with Crippen molar-refractivity contribution in [3.63, 3.8) is 0 Å². The molecule has 6 heteroatoms. The molecule has 0 N–H and O–H groups in total. The Labute approximate surface area is 151 Å². The number of benzene rings is 2. The minimum absolute atomic E-state index is 0.230. The zero-order chi connectivity index (χ0) is 18.5. The Bertz CT molecular complexity index is 946. The first-order chi connectivity index (χ1) is 12.6. The molecule has 0 amide bonds. The van der Waals surface area contributed by atoms with Gasteiger partial charge in [0.25, 0.3) is 0 Å². The summed E-state index contributed by atoms with van der Waals surface area (Å²) in [6, 6.07) is 18.8. The lowest BCUT2D eigenvalue weighted by Gasteiger charge is -2.11. The summed E-state index contributed by atoms with van der Waals surface area (Å²) in [5, 5.41) is 4.38. The fourth-order valence-corrected chi connectivity index (χ4v) is 2.55. The Morgan fingerprint density at radius 2 is 1.73 bits per heavy atom. The molecule has 1 aromatic heterocycles. The maximum Gasteiger partial charge on any atom is 0.358 e.